The van der Waals surface area contributed by atoms with Crippen LogP contribution in [0.3, 0.4) is 0 Å². The minimum absolute atomic E-state index is 0.0823. The lowest BCUT2D eigenvalue weighted by molar-refractivity contribution is -0.159. The first-order chi connectivity index (χ1) is 7.99. The van der Waals surface area contributed by atoms with Crippen molar-refractivity contribution >= 4 is 5.97 Å². The maximum absolute atomic E-state index is 11.4. The third kappa shape index (κ3) is 1.55. The van der Waals surface area contributed by atoms with Crippen molar-refractivity contribution < 1.29 is 9.90 Å². The lowest BCUT2D eigenvalue weighted by Crippen LogP contribution is -2.63. The van der Waals surface area contributed by atoms with Crippen LogP contribution in [0.1, 0.15) is 45.4 Å². The summed E-state index contributed by atoms with van der Waals surface area (Å²) in [5, 5.41) is 12.9. The summed E-state index contributed by atoms with van der Waals surface area (Å²) >= 11 is 0. The smallest absolute Gasteiger partial charge is 0.306 e. The van der Waals surface area contributed by atoms with Gasteiger partial charge in [-0.25, -0.2) is 0 Å². The second kappa shape index (κ2) is 3.47. The predicted octanol–water partition coefficient (Wildman–Crippen LogP) is 2.27. The largest absolute Gasteiger partial charge is 0.481 e. The van der Waals surface area contributed by atoms with Crippen molar-refractivity contribution in [2.24, 2.45) is 23.2 Å². The quantitative estimate of drug-likeness (QED) is 0.791. The Morgan fingerprint density at radius 3 is 2.35 bits per heavy atom. The normalized spacial score (nSPS) is 49.3. The highest BCUT2D eigenvalue weighted by Gasteiger charge is 2.59. The van der Waals surface area contributed by atoms with Gasteiger partial charge in [0.05, 0.1) is 5.92 Å². The van der Waals surface area contributed by atoms with E-state index < -0.39 is 5.97 Å². The predicted molar refractivity (Wildman–Crippen MR) is 65.7 cm³/mol. The SMILES string of the molecule is CNC12CC3CC(C1)CC(C(C)C(=O)O)(C3)C2. The summed E-state index contributed by atoms with van der Waals surface area (Å²) in [6, 6.07) is 0. The summed E-state index contributed by atoms with van der Waals surface area (Å²) in [5.74, 6) is 0.760. The molecule has 3 atom stereocenters. The average Bonchev–Trinajstić information content (AvgIpc) is 2.26. The third-order valence-electron chi connectivity index (χ3n) is 5.93. The number of hydrogen-bond donors (Lipinski definition) is 2. The van der Waals surface area contributed by atoms with Crippen molar-refractivity contribution in [1.29, 1.82) is 0 Å². The Bertz CT molecular complexity index is 338. The molecule has 0 radical (unpaired) electrons. The molecule has 0 aromatic carbocycles. The first kappa shape index (κ1) is 11.5. The summed E-state index contributed by atoms with van der Waals surface area (Å²) in [5.41, 5.74) is 0.340. The molecule has 4 bridgehead atoms. The molecule has 4 aliphatic rings. The molecule has 4 saturated carbocycles. The third-order valence-corrected chi connectivity index (χ3v) is 5.93. The number of carboxylic acid groups (broad SMARTS) is 1. The van der Waals surface area contributed by atoms with Crippen LogP contribution in [-0.2, 0) is 4.79 Å². The van der Waals surface area contributed by atoms with Crippen LogP contribution < -0.4 is 5.32 Å². The van der Waals surface area contributed by atoms with Crippen molar-refractivity contribution in [2.75, 3.05) is 7.05 Å². The van der Waals surface area contributed by atoms with Crippen LogP contribution >= 0.6 is 0 Å². The molecule has 17 heavy (non-hydrogen) atoms. The molecule has 2 N–H and O–H groups in total. The average molecular weight is 237 g/mol. The zero-order valence-electron chi connectivity index (χ0n) is 10.8. The van der Waals surface area contributed by atoms with Gasteiger partial charge in [0.2, 0.25) is 0 Å². The highest BCUT2D eigenvalue weighted by atomic mass is 16.4. The monoisotopic (exact) mass is 237 g/mol. The van der Waals surface area contributed by atoms with Gasteiger partial charge >= 0.3 is 5.97 Å². The molecule has 0 aromatic heterocycles. The van der Waals surface area contributed by atoms with Gasteiger partial charge in [-0.2, -0.15) is 0 Å². The van der Waals surface area contributed by atoms with Gasteiger partial charge in [0, 0.05) is 5.54 Å². The van der Waals surface area contributed by atoms with Gasteiger partial charge in [-0.15, -0.1) is 0 Å². The molecule has 0 saturated heterocycles. The van der Waals surface area contributed by atoms with E-state index >= 15 is 0 Å². The molecule has 3 nitrogen and oxygen atoms in total. The minimum Gasteiger partial charge on any atom is -0.481 e. The zero-order valence-corrected chi connectivity index (χ0v) is 10.8. The van der Waals surface area contributed by atoms with Gasteiger partial charge in [0.1, 0.15) is 0 Å². The summed E-state index contributed by atoms with van der Waals surface area (Å²) < 4.78 is 0. The molecule has 4 fully saturated rings. The Morgan fingerprint density at radius 2 is 1.88 bits per heavy atom. The molecule has 4 rings (SSSR count). The van der Waals surface area contributed by atoms with Crippen LogP contribution in [0, 0.1) is 23.2 Å². The second-order valence-electron chi connectivity index (χ2n) is 6.91. The molecule has 4 aliphatic carbocycles. The van der Waals surface area contributed by atoms with Crippen molar-refractivity contribution in [3.8, 4) is 0 Å². The van der Waals surface area contributed by atoms with Gasteiger partial charge in [0.15, 0.2) is 0 Å². The van der Waals surface area contributed by atoms with Crippen molar-refractivity contribution in [3.63, 3.8) is 0 Å². The Balaban J connectivity index is 1.94. The fraction of sp³-hybridized carbons (Fsp3) is 0.929. The number of nitrogens with one attached hydrogen (secondary N) is 1. The van der Waals surface area contributed by atoms with Gasteiger partial charge in [-0.05, 0) is 62.8 Å². The van der Waals surface area contributed by atoms with E-state index in [0.29, 0.717) is 0 Å². The molecule has 0 spiro atoms. The molecule has 3 heteroatoms. The number of hydrogen-bond acceptors (Lipinski definition) is 2. The zero-order chi connectivity index (χ0) is 12.3. The molecular weight excluding hydrogens is 214 g/mol. The van der Waals surface area contributed by atoms with E-state index in [0.717, 1.165) is 31.1 Å². The standard InChI is InChI=1S/C14H23NO2/c1-9(12(16)17)13-4-10-3-11(5-13)7-14(6-10,8-13)15-2/h9-11,15H,3-8H2,1-2H3,(H,16,17). The van der Waals surface area contributed by atoms with Crippen molar-refractivity contribution in [2.45, 2.75) is 51.0 Å². The van der Waals surface area contributed by atoms with Crippen LogP contribution in [0.2, 0.25) is 0 Å². The summed E-state index contributed by atoms with van der Waals surface area (Å²) in [4.78, 5) is 11.4. The highest BCUT2D eigenvalue weighted by Crippen LogP contribution is 2.64. The molecule has 0 amide bonds. The maximum atomic E-state index is 11.4. The second-order valence-corrected chi connectivity index (χ2v) is 6.91. The van der Waals surface area contributed by atoms with E-state index in [-0.39, 0.29) is 16.9 Å². The van der Waals surface area contributed by atoms with Crippen molar-refractivity contribution in [1.82, 2.24) is 5.32 Å². The van der Waals surface area contributed by atoms with Crippen LogP contribution in [0.15, 0.2) is 0 Å². The van der Waals surface area contributed by atoms with Gasteiger partial charge in [0.25, 0.3) is 0 Å². The van der Waals surface area contributed by atoms with Crippen molar-refractivity contribution in [3.05, 3.63) is 0 Å². The van der Waals surface area contributed by atoms with Crippen LogP contribution in [0.5, 0.6) is 0 Å². The summed E-state index contributed by atoms with van der Waals surface area (Å²) in [7, 11) is 2.06. The van der Waals surface area contributed by atoms with Crippen LogP contribution in [0.25, 0.3) is 0 Å². The molecule has 0 heterocycles. The molecule has 0 aliphatic heterocycles. The van der Waals surface area contributed by atoms with E-state index in [1.807, 2.05) is 6.92 Å². The fourth-order valence-electron chi connectivity index (χ4n) is 5.39. The Hall–Kier alpha value is -0.570. The molecule has 3 unspecified atom stereocenters. The van der Waals surface area contributed by atoms with E-state index in [2.05, 4.69) is 12.4 Å². The van der Waals surface area contributed by atoms with E-state index in [1.54, 1.807) is 0 Å². The lowest BCUT2D eigenvalue weighted by atomic mass is 9.44. The first-order valence-electron chi connectivity index (χ1n) is 6.90. The van der Waals surface area contributed by atoms with Gasteiger partial charge < -0.3 is 10.4 Å². The number of carbonyl (C=O) groups is 1. The van der Waals surface area contributed by atoms with Gasteiger partial charge in [-0.1, -0.05) is 6.92 Å². The number of aliphatic carboxylic acids is 1. The van der Waals surface area contributed by atoms with Crippen LogP contribution in [0.4, 0.5) is 0 Å². The first-order valence-corrected chi connectivity index (χ1v) is 6.90. The summed E-state index contributed by atoms with van der Waals surface area (Å²) in [6.45, 7) is 1.93. The number of rotatable bonds is 3. The number of carboxylic acids is 1. The minimum atomic E-state index is -0.599. The lowest BCUT2D eigenvalue weighted by Gasteiger charge is -2.63. The topological polar surface area (TPSA) is 49.3 Å². The Labute approximate surface area is 103 Å². The summed E-state index contributed by atoms with van der Waals surface area (Å²) in [6.07, 6.45) is 7.28. The Kier molecular flexibility index (Phi) is 2.35. The van der Waals surface area contributed by atoms with E-state index in [4.69, 9.17) is 0 Å². The highest BCUT2D eigenvalue weighted by molar-refractivity contribution is 5.70. The Morgan fingerprint density at radius 1 is 1.29 bits per heavy atom. The molecule has 0 aromatic rings. The fourth-order valence-corrected chi connectivity index (χ4v) is 5.39. The van der Waals surface area contributed by atoms with Crippen LogP contribution in [-0.4, -0.2) is 23.7 Å². The van der Waals surface area contributed by atoms with Gasteiger partial charge in [-0.3, -0.25) is 4.79 Å². The maximum Gasteiger partial charge on any atom is 0.306 e. The molecule has 96 valence electrons. The van der Waals surface area contributed by atoms with E-state index in [9.17, 15) is 9.90 Å². The molecular formula is C14H23NO2. The van der Waals surface area contributed by atoms with E-state index in [1.165, 1.54) is 19.3 Å².